The van der Waals surface area contributed by atoms with Gasteiger partial charge in [-0.3, -0.25) is 0 Å². The first kappa shape index (κ1) is 19.2. The monoisotopic (exact) mass is 383 g/mol. The Balaban J connectivity index is 1.86. The zero-order chi connectivity index (χ0) is 19.9. The molecule has 2 heterocycles. The SMILES string of the molecule is CCOC(=O)c1nn(-c2ccnc(OC)c2)nc1NCc1ccc(OC)cc1. The minimum atomic E-state index is -0.549. The second-order valence-corrected chi connectivity index (χ2v) is 5.67. The van der Waals surface area contributed by atoms with E-state index in [1.807, 2.05) is 24.3 Å². The van der Waals surface area contributed by atoms with Crippen LogP contribution < -0.4 is 14.8 Å². The fraction of sp³-hybridized carbons (Fsp3) is 0.263. The Bertz CT molecular complexity index is 940. The Hall–Kier alpha value is -3.62. The zero-order valence-electron chi connectivity index (χ0n) is 15.9. The predicted molar refractivity (Wildman–Crippen MR) is 102 cm³/mol. The molecule has 0 unspecified atom stereocenters. The van der Waals surface area contributed by atoms with Crippen LogP contribution in [0.5, 0.6) is 11.6 Å². The van der Waals surface area contributed by atoms with Crippen LogP contribution in [0.2, 0.25) is 0 Å². The number of aromatic nitrogens is 4. The molecular weight excluding hydrogens is 362 g/mol. The quantitative estimate of drug-likeness (QED) is 0.592. The van der Waals surface area contributed by atoms with Gasteiger partial charge in [-0.1, -0.05) is 12.1 Å². The standard InChI is InChI=1S/C19H21N5O4/c1-4-28-19(25)17-18(21-12-13-5-7-15(26-2)8-6-13)23-24(22-17)14-9-10-20-16(11-14)27-3/h5-11H,4,12H2,1-3H3,(H,21,23). The van der Waals surface area contributed by atoms with Crippen molar-refractivity contribution >= 4 is 11.8 Å². The van der Waals surface area contributed by atoms with Gasteiger partial charge in [-0.05, 0) is 30.7 Å². The number of carbonyl (C=O) groups is 1. The molecule has 3 aromatic rings. The molecule has 3 rings (SSSR count). The number of nitrogens with zero attached hydrogens (tertiary/aromatic N) is 4. The maximum absolute atomic E-state index is 12.3. The number of anilines is 1. The van der Waals surface area contributed by atoms with Crippen LogP contribution in [0.3, 0.4) is 0 Å². The van der Waals surface area contributed by atoms with E-state index < -0.39 is 5.97 Å². The van der Waals surface area contributed by atoms with Crippen molar-refractivity contribution in [3.8, 4) is 17.3 Å². The number of rotatable bonds is 8. The van der Waals surface area contributed by atoms with Crippen molar-refractivity contribution in [3.63, 3.8) is 0 Å². The summed E-state index contributed by atoms with van der Waals surface area (Å²) >= 11 is 0. The van der Waals surface area contributed by atoms with E-state index in [0.29, 0.717) is 23.9 Å². The van der Waals surface area contributed by atoms with E-state index in [4.69, 9.17) is 14.2 Å². The van der Waals surface area contributed by atoms with Crippen LogP contribution in [0.4, 0.5) is 5.82 Å². The van der Waals surface area contributed by atoms with Gasteiger partial charge in [0.05, 0.1) is 26.5 Å². The molecule has 28 heavy (non-hydrogen) atoms. The van der Waals surface area contributed by atoms with Gasteiger partial charge in [-0.2, -0.15) is 0 Å². The minimum Gasteiger partial charge on any atom is -0.497 e. The molecule has 146 valence electrons. The summed E-state index contributed by atoms with van der Waals surface area (Å²) in [6, 6.07) is 11.0. The van der Waals surface area contributed by atoms with E-state index in [2.05, 4.69) is 20.5 Å². The average molecular weight is 383 g/mol. The number of hydrogen-bond donors (Lipinski definition) is 1. The number of benzene rings is 1. The van der Waals surface area contributed by atoms with Crippen LogP contribution >= 0.6 is 0 Å². The van der Waals surface area contributed by atoms with Crippen LogP contribution in [0.25, 0.3) is 5.69 Å². The van der Waals surface area contributed by atoms with Gasteiger partial charge >= 0.3 is 5.97 Å². The highest BCUT2D eigenvalue weighted by atomic mass is 16.5. The molecule has 0 radical (unpaired) electrons. The summed E-state index contributed by atoms with van der Waals surface area (Å²) < 4.78 is 15.4. The van der Waals surface area contributed by atoms with Crippen molar-refractivity contribution in [2.24, 2.45) is 0 Å². The van der Waals surface area contributed by atoms with Crippen molar-refractivity contribution in [2.45, 2.75) is 13.5 Å². The molecule has 1 aromatic carbocycles. The van der Waals surface area contributed by atoms with Crippen molar-refractivity contribution in [1.29, 1.82) is 0 Å². The third kappa shape index (κ3) is 4.37. The maximum atomic E-state index is 12.3. The van der Waals surface area contributed by atoms with E-state index in [0.717, 1.165) is 11.3 Å². The molecule has 0 saturated heterocycles. The molecular formula is C19H21N5O4. The molecule has 0 bridgehead atoms. The van der Waals surface area contributed by atoms with E-state index in [1.54, 1.807) is 32.4 Å². The number of hydrogen-bond acceptors (Lipinski definition) is 8. The van der Waals surface area contributed by atoms with Crippen LogP contribution in [0.1, 0.15) is 23.0 Å². The molecule has 0 fully saturated rings. The highest BCUT2D eigenvalue weighted by molar-refractivity contribution is 5.92. The summed E-state index contributed by atoms with van der Waals surface area (Å²) in [6.07, 6.45) is 1.58. The molecule has 9 nitrogen and oxygen atoms in total. The largest absolute Gasteiger partial charge is 0.497 e. The first-order valence-electron chi connectivity index (χ1n) is 8.66. The van der Waals surface area contributed by atoms with Crippen molar-refractivity contribution < 1.29 is 19.0 Å². The number of methoxy groups -OCH3 is 2. The van der Waals surface area contributed by atoms with E-state index in [1.165, 1.54) is 11.9 Å². The van der Waals surface area contributed by atoms with Crippen LogP contribution in [0, 0.1) is 0 Å². The molecule has 0 saturated carbocycles. The van der Waals surface area contributed by atoms with Gasteiger partial charge in [0.25, 0.3) is 0 Å². The number of esters is 1. The molecule has 0 amide bonds. The summed E-state index contributed by atoms with van der Waals surface area (Å²) in [6.45, 7) is 2.43. The molecule has 1 N–H and O–H groups in total. The topological polar surface area (TPSA) is 100 Å². The normalized spacial score (nSPS) is 10.4. The number of nitrogens with one attached hydrogen (secondary N) is 1. The third-order valence-electron chi connectivity index (χ3n) is 3.86. The summed E-state index contributed by atoms with van der Waals surface area (Å²) in [5, 5.41) is 11.8. The van der Waals surface area contributed by atoms with E-state index in [-0.39, 0.29) is 12.3 Å². The first-order chi connectivity index (χ1) is 13.6. The van der Waals surface area contributed by atoms with Crippen LogP contribution in [0.15, 0.2) is 42.6 Å². The lowest BCUT2D eigenvalue weighted by Crippen LogP contribution is -2.10. The van der Waals surface area contributed by atoms with Gasteiger partial charge < -0.3 is 19.5 Å². The van der Waals surface area contributed by atoms with E-state index >= 15 is 0 Å². The van der Waals surface area contributed by atoms with Gasteiger partial charge in [-0.25, -0.2) is 9.78 Å². The third-order valence-corrected chi connectivity index (χ3v) is 3.86. The Morgan fingerprint density at radius 1 is 1.11 bits per heavy atom. The Labute approximate surface area is 162 Å². The molecule has 2 aromatic heterocycles. The molecule has 0 atom stereocenters. The Morgan fingerprint density at radius 3 is 2.57 bits per heavy atom. The lowest BCUT2D eigenvalue weighted by Gasteiger charge is -2.06. The number of pyridine rings is 1. The summed E-state index contributed by atoms with van der Waals surface area (Å²) in [4.78, 5) is 17.7. The van der Waals surface area contributed by atoms with Gasteiger partial charge in [0.15, 0.2) is 5.82 Å². The summed E-state index contributed by atoms with van der Waals surface area (Å²) in [7, 11) is 3.14. The van der Waals surface area contributed by atoms with E-state index in [9.17, 15) is 4.79 Å². The van der Waals surface area contributed by atoms with Gasteiger partial charge in [0, 0.05) is 18.8 Å². The highest BCUT2D eigenvalue weighted by Crippen LogP contribution is 2.18. The van der Waals surface area contributed by atoms with Crippen LogP contribution in [-0.2, 0) is 11.3 Å². The predicted octanol–water partition coefficient (Wildman–Crippen LogP) is 2.47. The fourth-order valence-corrected chi connectivity index (χ4v) is 2.44. The number of carbonyl (C=O) groups excluding carboxylic acids is 1. The molecule has 0 aliphatic carbocycles. The highest BCUT2D eigenvalue weighted by Gasteiger charge is 2.20. The molecule has 0 aliphatic heterocycles. The van der Waals surface area contributed by atoms with Crippen molar-refractivity contribution in [1.82, 2.24) is 20.0 Å². The second kappa shape index (κ2) is 8.85. The Kier molecular flexibility index (Phi) is 6.05. The summed E-state index contributed by atoms with van der Waals surface area (Å²) in [5.41, 5.74) is 1.71. The van der Waals surface area contributed by atoms with Gasteiger partial charge in [0.2, 0.25) is 11.6 Å². The smallest absolute Gasteiger partial charge is 0.362 e. The first-order valence-corrected chi connectivity index (χ1v) is 8.66. The average Bonchev–Trinajstić information content (AvgIpc) is 3.17. The molecule has 9 heteroatoms. The second-order valence-electron chi connectivity index (χ2n) is 5.67. The lowest BCUT2D eigenvalue weighted by molar-refractivity contribution is 0.0520. The fourth-order valence-electron chi connectivity index (χ4n) is 2.44. The number of ether oxygens (including phenoxy) is 3. The summed E-state index contributed by atoms with van der Waals surface area (Å²) in [5.74, 6) is 0.964. The van der Waals surface area contributed by atoms with Gasteiger partial charge in [0.1, 0.15) is 5.75 Å². The van der Waals surface area contributed by atoms with Crippen molar-refractivity contribution in [3.05, 3.63) is 53.9 Å². The molecule has 0 spiro atoms. The Morgan fingerprint density at radius 2 is 1.89 bits per heavy atom. The van der Waals surface area contributed by atoms with Crippen LogP contribution in [-0.4, -0.2) is 46.8 Å². The van der Waals surface area contributed by atoms with Crippen molar-refractivity contribution in [2.75, 3.05) is 26.1 Å². The molecule has 0 aliphatic rings. The zero-order valence-corrected chi connectivity index (χ0v) is 15.9. The van der Waals surface area contributed by atoms with Gasteiger partial charge in [-0.15, -0.1) is 15.0 Å². The maximum Gasteiger partial charge on any atom is 0.362 e. The lowest BCUT2D eigenvalue weighted by atomic mass is 10.2. The minimum absolute atomic E-state index is 0.103.